The molecule has 0 unspecified atom stereocenters. The predicted octanol–water partition coefficient (Wildman–Crippen LogP) is 2.40. The summed E-state index contributed by atoms with van der Waals surface area (Å²) < 4.78 is 2.42. The lowest BCUT2D eigenvalue weighted by atomic mass is 10.1. The van der Waals surface area contributed by atoms with Gasteiger partial charge in [-0.15, -0.1) is 0 Å². The van der Waals surface area contributed by atoms with Gasteiger partial charge < -0.3 is 0 Å². The third-order valence-corrected chi connectivity index (χ3v) is 4.77. The molecular weight excluding hydrogens is 374 g/mol. The molecule has 9 heteroatoms. The van der Waals surface area contributed by atoms with Crippen LogP contribution in [0, 0.1) is 35.3 Å². The molecule has 0 radical (unpaired) electrons. The number of rotatable bonds is 2. The molecule has 0 aliphatic heterocycles. The van der Waals surface area contributed by atoms with Crippen molar-refractivity contribution in [2.75, 3.05) is 0 Å². The molecule has 4 aromatic rings. The number of fused-ring (bicyclic) bond motifs is 2. The van der Waals surface area contributed by atoms with E-state index in [4.69, 9.17) is 0 Å². The third-order valence-electron chi connectivity index (χ3n) is 4.77. The van der Waals surface area contributed by atoms with E-state index in [0.717, 1.165) is 4.57 Å². The number of nitro groups is 1. The Morgan fingerprint density at radius 1 is 1.07 bits per heavy atom. The number of pyridine rings is 2. The average Bonchev–Trinajstić information content (AvgIpc) is 2.69. The molecule has 0 saturated heterocycles. The van der Waals surface area contributed by atoms with Gasteiger partial charge in [-0.25, -0.2) is 4.98 Å². The van der Waals surface area contributed by atoms with Crippen LogP contribution < -0.4 is 11.1 Å². The van der Waals surface area contributed by atoms with Crippen LogP contribution in [0.25, 0.3) is 22.4 Å². The molecule has 29 heavy (non-hydrogen) atoms. The molecule has 3 aromatic heterocycles. The van der Waals surface area contributed by atoms with Gasteiger partial charge in [0.15, 0.2) is 5.65 Å². The summed E-state index contributed by atoms with van der Waals surface area (Å²) in [5, 5.41) is 20.8. The SMILES string of the molecule is Cc1ccc(-n2c(=O)c(C#N)cc3c(=O)n4cccc(C)c4nc32)cc1[N+](=O)[O-]. The van der Waals surface area contributed by atoms with Crippen LogP contribution in [-0.2, 0) is 0 Å². The summed E-state index contributed by atoms with van der Waals surface area (Å²) in [6.07, 6.45) is 1.55. The summed E-state index contributed by atoms with van der Waals surface area (Å²) in [6.45, 7) is 3.35. The maximum atomic E-state index is 13.0. The molecule has 0 aliphatic rings. The molecule has 0 fully saturated rings. The Hall–Kier alpha value is -4.32. The van der Waals surface area contributed by atoms with Gasteiger partial charge in [-0.1, -0.05) is 12.1 Å². The van der Waals surface area contributed by atoms with Crippen LogP contribution in [0.1, 0.15) is 16.7 Å². The minimum atomic E-state index is -0.706. The zero-order chi connectivity index (χ0) is 20.9. The van der Waals surface area contributed by atoms with Crippen molar-refractivity contribution >= 4 is 22.4 Å². The van der Waals surface area contributed by atoms with E-state index >= 15 is 0 Å². The Morgan fingerprint density at radius 2 is 1.83 bits per heavy atom. The fourth-order valence-corrected chi connectivity index (χ4v) is 3.27. The van der Waals surface area contributed by atoms with Gasteiger partial charge in [0.2, 0.25) is 0 Å². The lowest BCUT2D eigenvalue weighted by Crippen LogP contribution is -2.26. The number of hydrogen-bond donors (Lipinski definition) is 0. The number of hydrogen-bond acceptors (Lipinski definition) is 6. The van der Waals surface area contributed by atoms with Crippen molar-refractivity contribution in [2.45, 2.75) is 13.8 Å². The first-order valence-corrected chi connectivity index (χ1v) is 8.56. The minimum absolute atomic E-state index is 0.0338. The van der Waals surface area contributed by atoms with E-state index < -0.39 is 16.0 Å². The highest BCUT2D eigenvalue weighted by atomic mass is 16.6. The van der Waals surface area contributed by atoms with Crippen LogP contribution in [0.5, 0.6) is 0 Å². The van der Waals surface area contributed by atoms with E-state index in [0.29, 0.717) is 16.8 Å². The van der Waals surface area contributed by atoms with Crippen LogP contribution in [0.15, 0.2) is 52.2 Å². The zero-order valence-electron chi connectivity index (χ0n) is 15.4. The van der Waals surface area contributed by atoms with Gasteiger partial charge in [-0.05, 0) is 37.6 Å². The van der Waals surface area contributed by atoms with Gasteiger partial charge >= 0.3 is 0 Å². The van der Waals surface area contributed by atoms with Gasteiger partial charge in [-0.2, -0.15) is 5.26 Å². The monoisotopic (exact) mass is 387 g/mol. The lowest BCUT2D eigenvalue weighted by Gasteiger charge is -2.12. The van der Waals surface area contributed by atoms with E-state index in [2.05, 4.69) is 4.98 Å². The first-order valence-electron chi connectivity index (χ1n) is 8.56. The fraction of sp³-hybridized carbons (Fsp3) is 0.100. The fourth-order valence-electron chi connectivity index (χ4n) is 3.27. The molecule has 0 atom stereocenters. The summed E-state index contributed by atoms with van der Waals surface area (Å²) >= 11 is 0. The van der Waals surface area contributed by atoms with Crippen LogP contribution in [0.4, 0.5) is 5.69 Å². The molecular formula is C20H13N5O4. The van der Waals surface area contributed by atoms with E-state index in [1.165, 1.54) is 28.7 Å². The Labute approximate surface area is 162 Å². The maximum absolute atomic E-state index is 13.0. The highest BCUT2D eigenvalue weighted by molar-refractivity contribution is 5.80. The topological polar surface area (TPSA) is 123 Å². The summed E-state index contributed by atoms with van der Waals surface area (Å²) in [4.78, 5) is 41.2. The van der Waals surface area contributed by atoms with Gasteiger partial charge in [-0.3, -0.25) is 28.7 Å². The second kappa shape index (κ2) is 6.38. The smallest absolute Gasteiger partial charge is 0.268 e. The van der Waals surface area contributed by atoms with Crippen molar-refractivity contribution in [1.82, 2.24) is 14.0 Å². The molecule has 9 nitrogen and oxygen atoms in total. The number of nitrogens with zero attached hydrogens (tertiary/aromatic N) is 5. The van der Waals surface area contributed by atoms with Crippen molar-refractivity contribution in [1.29, 1.82) is 5.26 Å². The highest BCUT2D eigenvalue weighted by Gasteiger charge is 2.19. The standard InChI is InChI=1S/C20H13N5O4/c1-11-5-6-14(9-16(11)25(28)29)24-18-15(8-13(10-21)19(24)26)20(27)23-7-3-4-12(2)17(23)22-18/h3-9H,1-2H3. The Bertz CT molecular complexity index is 1510. The van der Waals surface area contributed by atoms with Crippen LogP contribution in [0.3, 0.4) is 0 Å². The first-order chi connectivity index (χ1) is 13.8. The minimum Gasteiger partial charge on any atom is -0.268 e. The molecule has 0 saturated carbocycles. The summed E-state index contributed by atoms with van der Waals surface area (Å²) in [7, 11) is 0. The molecule has 4 rings (SSSR count). The van der Waals surface area contributed by atoms with Gasteiger partial charge in [0.25, 0.3) is 16.8 Å². The van der Waals surface area contributed by atoms with Crippen LogP contribution in [0.2, 0.25) is 0 Å². The van der Waals surface area contributed by atoms with E-state index in [1.807, 2.05) is 0 Å². The van der Waals surface area contributed by atoms with Gasteiger partial charge in [0.1, 0.15) is 17.3 Å². The number of aryl methyl sites for hydroxylation is 2. The van der Waals surface area contributed by atoms with E-state index in [1.54, 1.807) is 38.2 Å². The van der Waals surface area contributed by atoms with Crippen LogP contribution >= 0.6 is 0 Å². The van der Waals surface area contributed by atoms with Crippen molar-refractivity contribution in [3.05, 3.63) is 90.1 Å². The largest absolute Gasteiger partial charge is 0.274 e. The molecule has 0 N–H and O–H groups in total. The Kier molecular flexibility index (Phi) is 3.98. The Morgan fingerprint density at radius 3 is 2.52 bits per heavy atom. The summed E-state index contributed by atoms with van der Waals surface area (Å²) in [5.41, 5.74) is 0.0798. The second-order valence-corrected chi connectivity index (χ2v) is 6.58. The number of aromatic nitrogens is 3. The zero-order valence-corrected chi connectivity index (χ0v) is 15.4. The first kappa shape index (κ1) is 18.1. The summed E-state index contributed by atoms with van der Waals surface area (Å²) in [5.74, 6) is 0. The maximum Gasteiger partial charge on any atom is 0.274 e. The molecule has 0 aliphatic carbocycles. The molecule has 0 bridgehead atoms. The highest BCUT2D eigenvalue weighted by Crippen LogP contribution is 2.23. The number of nitro benzene ring substituents is 1. The van der Waals surface area contributed by atoms with Gasteiger partial charge in [0.05, 0.1) is 16.0 Å². The molecule has 1 aromatic carbocycles. The molecule has 3 heterocycles. The normalized spacial score (nSPS) is 10.9. The Balaban J connectivity index is 2.25. The molecule has 0 spiro atoms. The van der Waals surface area contributed by atoms with E-state index in [9.17, 15) is 25.0 Å². The van der Waals surface area contributed by atoms with Crippen molar-refractivity contribution in [3.63, 3.8) is 0 Å². The summed E-state index contributed by atoms with van der Waals surface area (Å²) in [6, 6.07) is 10.7. The quantitative estimate of drug-likeness (QED) is 0.296. The van der Waals surface area contributed by atoms with Crippen LogP contribution in [-0.4, -0.2) is 18.9 Å². The predicted molar refractivity (Wildman–Crippen MR) is 105 cm³/mol. The average molecular weight is 387 g/mol. The van der Waals surface area contributed by atoms with Crippen molar-refractivity contribution in [3.8, 4) is 11.8 Å². The number of benzene rings is 1. The molecule has 142 valence electrons. The number of nitriles is 1. The third kappa shape index (κ3) is 2.66. The van der Waals surface area contributed by atoms with E-state index in [-0.39, 0.29) is 28.0 Å². The van der Waals surface area contributed by atoms with Gasteiger partial charge in [0, 0.05) is 17.8 Å². The van der Waals surface area contributed by atoms with Crippen molar-refractivity contribution < 1.29 is 4.92 Å². The van der Waals surface area contributed by atoms with Crippen molar-refractivity contribution in [2.24, 2.45) is 0 Å². The molecule has 0 amide bonds. The second-order valence-electron chi connectivity index (χ2n) is 6.58. The lowest BCUT2D eigenvalue weighted by molar-refractivity contribution is -0.385.